The summed E-state index contributed by atoms with van der Waals surface area (Å²) in [6.45, 7) is -0.269. The molecule has 0 aliphatic heterocycles. The van der Waals surface area contributed by atoms with E-state index in [0.29, 0.717) is 10.6 Å². The number of hydrogen-bond donors (Lipinski definition) is 1. The second kappa shape index (κ2) is 5.33. The van der Waals surface area contributed by atoms with E-state index < -0.39 is 11.6 Å². The summed E-state index contributed by atoms with van der Waals surface area (Å²) >= 11 is 5.79. The Kier molecular flexibility index (Phi) is 3.79. The number of aliphatic hydroxyl groups excluding tert-OH is 1. The van der Waals surface area contributed by atoms with E-state index in [1.54, 1.807) is 12.1 Å². The minimum absolute atomic E-state index is 0.131. The molecule has 0 aliphatic rings. The van der Waals surface area contributed by atoms with Crippen molar-refractivity contribution in [2.45, 2.75) is 6.61 Å². The normalized spacial score (nSPS) is 10.4. The quantitative estimate of drug-likeness (QED) is 0.916. The van der Waals surface area contributed by atoms with Gasteiger partial charge < -0.3 is 9.84 Å². The van der Waals surface area contributed by atoms with Gasteiger partial charge in [0.1, 0.15) is 11.6 Å². The molecule has 0 heterocycles. The molecule has 0 atom stereocenters. The van der Waals surface area contributed by atoms with Crippen LogP contribution in [-0.4, -0.2) is 5.11 Å². The summed E-state index contributed by atoms with van der Waals surface area (Å²) in [7, 11) is 0. The number of benzene rings is 2. The molecule has 0 aliphatic carbocycles. The molecule has 2 aromatic rings. The van der Waals surface area contributed by atoms with Crippen molar-refractivity contribution >= 4 is 11.6 Å². The number of rotatable bonds is 3. The predicted octanol–water partition coefficient (Wildman–Crippen LogP) is 3.90. The summed E-state index contributed by atoms with van der Waals surface area (Å²) in [4.78, 5) is 0. The van der Waals surface area contributed by atoms with Crippen molar-refractivity contribution in [1.82, 2.24) is 0 Å². The summed E-state index contributed by atoms with van der Waals surface area (Å²) in [6.07, 6.45) is 0. The molecule has 0 radical (unpaired) electrons. The first-order valence-electron chi connectivity index (χ1n) is 5.12. The van der Waals surface area contributed by atoms with Crippen molar-refractivity contribution < 1.29 is 18.6 Å². The minimum Gasteiger partial charge on any atom is -0.454 e. The molecule has 0 unspecified atom stereocenters. The van der Waals surface area contributed by atoms with Gasteiger partial charge >= 0.3 is 0 Å². The number of ether oxygens (including phenoxy) is 1. The van der Waals surface area contributed by atoms with Crippen LogP contribution in [0.3, 0.4) is 0 Å². The van der Waals surface area contributed by atoms with Crippen molar-refractivity contribution in [2.24, 2.45) is 0 Å². The van der Waals surface area contributed by atoms with Gasteiger partial charge in [-0.15, -0.1) is 0 Å². The third kappa shape index (κ3) is 2.78. The van der Waals surface area contributed by atoms with Crippen molar-refractivity contribution in [3.05, 3.63) is 58.6 Å². The van der Waals surface area contributed by atoms with Gasteiger partial charge in [-0.25, -0.2) is 8.78 Å². The molecular formula is C13H9ClF2O2. The first-order valence-corrected chi connectivity index (χ1v) is 5.50. The lowest BCUT2D eigenvalue weighted by atomic mass is 10.2. The maximum absolute atomic E-state index is 13.4. The fraction of sp³-hybridized carbons (Fsp3) is 0.0769. The largest absolute Gasteiger partial charge is 0.454 e. The SMILES string of the molecule is OCc1ccc(Cl)cc1Oc1ccc(F)cc1F. The van der Waals surface area contributed by atoms with Gasteiger partial charge in [0.05, 0.1) is 6.61 Å². The summed E-state index contributed by atoms with van der Waals surface area (Å²) in [5.41, 5.74) is 0.461. The van der Waals surface area contributed by atoms with Crippen molar-refractivity contribution in [1.29, 1.82) is 0 Å². The van der Waals surface area contributed by atoms with Crippen LogP contribution in [0.15, 0.2) is 36.4 Å². The fourth-order valence-corrected chi connectivity index (χ4v) is 1.59. The van der Waals surface area contributed by atoms with E-state index in [2.05, 4.69) is 0 Å². The van der Waals surface area contributed by atoms with Gasteiger partial charge in [-0.05, 0) is 24.3 Å². The van der Waals surface area contributed by atoms with Crippen molar-refractivity contribution in [3.63, 3.8) is 0 Å². The molecule has 94 valence electrons. The van der Waals surface area contributed by atoms with Crippen molar-refractivity contribution in [2.75, 3.05) is 0 Å². The Hall–Kier alpha value is -1.65. The summed E-state index contributed by atoms with van der Waals surface area (Å²) in [6, 6.07) is 7.59. The molecular weight excluding hydrogens is 262 g/mol. The van der Waals surface area contributed by atoms with Crippen LogP contribution < -0.4 is 4.74 Å². The summed E-state index contributed by atoms with van der Waals surface area (Å²) < 4.78 is 31.4. The highest BCUT2D eigenvalue weighted by Crippen LogP contribution is 2.30. The lowest BCUT2D eigenvalue weighted by Gasteiger charge is -2.10. The van der Waals surface area contributed by atoms with E-state index in [4.69, 9.17) is 21.4 Å². The molecule has 0 saturated carbocycles. The molecule has 2 aromatic carbocycles. The van der Waals surface area contributed by atoms with Gasteiger partial charge in [-0.1, -0.05) is 17.7 Å². The highest BCUT2D eigenvalue weighted by atomic mass is 35.5. The second-order valence-corrected chi connectivity index (χ2v) is 4.02. The highest BCUT2D eigenvalue weighted by molar-refractivity contribution is 6.30. The fourth-order valence-electron chi connectivity index (χ4n) is 1.43. The molecule has 1 N–H and O–H groups in total. The second-order valence-electron chi connectivity index (χ2n) is 3.59. The molecule has 18 heavy (non-hydrogen) atoms. The molecule has 0 fully saturated rings. The van der Waals surface area contributed by atoms with E-state index in [1.807, 2.05) is 0 Å². The third-order valence-corrected chi connectivity index (χ3v) is 2.55. The molecule has 2 rings (SSSR count). The van der Waals surface area contributed by atoms with E-state index in [-0.39, 0.29) is 18.1 Å². The molecule has 0 spiro atoms. The minimum atomic E-state index is -0.820. The third-order valence-electron chi connectivity index (χ3n) is 2.31. The van der Waals surface area contributed by atoms with E-state index in [1.165, 1.54) is 12.1 Å². The maximum atomic E-state index is 13.4. The lowest BCUT2D eigenvalue weighted by Crippen LogP contribution is -1.94. The van der Waals surface area contributed by atoms with Gasteiger partial charge in [0.15, 0.2) is 11.6 Å². The molecule has 0 amide bonds. The van der Waals surface area contributed by atoms with Gasteiger partial charge in [0.25, 0.3) is 0 Å². The van der Waals surface area contributed by atoms with Gasteiger partial charge in [-0.3, -0.25) is 0 Å². The predicted molar refractivity (Wildman–Crippen MR) is 63.8 cm³/mol. The Morgan fingerprint density at radius 3 is 2.50 bits per heavy atom. The zero-order chi connectivity index (χ0) is 13.1. The van der Waals surface area contributed by atoms with Gasteiger partial charge in [0.2, 0.25) is 0 Å². The van der Waals surface area contributed by atoms with E-state index in [0.717, 1.165) is 12.1 Å². The molecule has 0 aromatic heterocycles. The Bertz CT molecular complexity index is 573. The molecule has 0 saturated heterocycles. The summed E-state index contributed by atoms with van der Waals surface area (Å²) in [5.74, 6) is -1.41. The number of hydrogen-bond acceptors (Lipinski definition) is 2. The topological polar surface area (TPSA) is 29.5 Å². The van der Waals surface area contributed by atoms with Gasteiger partial charge in [0, 0.05) is 16.7 Å². The van der Waals surface area contributed by atoms with E-state index in [9.17, 15) is 8.78 Å². The highest BCUT2D eigenvalue weighted by Gasteiger charge is 2.09. The smallest absolute Gasteiger partial charge is 0.168 e. The van der Waals surface area contributed by atoms with Crippen LogP contribution in [0.2, 0.25) is 5.02 Å². The Morgan fingerprint density at radius 1 is 1.06 bits per heavy atom. The number of aliphatic hydroxyl groups is 1. The average molecular weight is 271 g/mol. The van der Waals surface area contributed by atoms with Crippen LogP contribution in [0, 0.1) is 11.6 Å². The zero-order valence-corrected chi connectivity index (χ0v) is 9.92. The first-order chi connectivity index (χ1) is 8.60. The molecule has 2 nitrogen and oxygen atoms in total. The van der Waals surface area contributed by atoms with Crippen LogP contribution in [-0.2, 0) is 6.61 Å². The number of halogens is 3. The van der Waals surface area contributed by atoms with E-state index >= 15 is 0 Å². The standard InChI is InChI=1S/C13H9ClF2O2/c14-9-2-1-8(7-17)13(5-9)18-12-4-3-10(15)6-11(12)16/h1-6,17H,7H2. The van der Waals surface area contributed by atoms with Crippen LogP contribution in [0.5, 0.6) is 11.5 Å². The zero-order valence-electron chi connectivity index (χ0n) is 9.16. The average Bonchev–Trinajstić information content (AvgIpc) is 2.33. The maximum Gasteiger partial charge on any atom is 0.168 e. The Balaban J connectivity index is 2.36. The van der Waals surface area contributed by atoms with Gasteiger partial charge in [-0.2, -0.15) is 0 Å². The Labute approximate surface area is 107 Å². The first kappa shape index (κ1) is 12.8. The molecule has 5 heteroatoms. The Morgan fingerprint density at radius 2 is 1.83 bits per heavy atom. The lowest BCUT2D eigenvalue weighted by molar-refractivity contribution is 0.276. The van der Waals surface area contributed by atoms with Crippen LogP contribution >= 0.6 is 11.6 Å². The van der Waals surface area contributed by atoms with Crippen LogP contribution in [0.4, 0.5) is 8.78 Å². The molecule has 0 bridgehead atoms. The van der Waals surface area contributed by atoms with Crippen LogP contribution in [0.25, 0.3) is 0 Å². The van der Waals surface area contributed by atoms with Crippen molar-refractivity contribution in [3.8, 4) is 11.5 Å². The summed E-state index contributed by atoms with van der Waals surface area (Å²) in [5, 5.41) is 9.52. The van der Waals surface area contributed by atoms with Crippen LogP contribution in [0.1, 0.15) is 5.56 Å². The monoisotopic (exact) mass is 270 g/mol.